The Balaban J connectivity index is 2.04. The summed E-state index contributed by atoms with van der Waals surface area (Å²) in [6.07, 6.45) is -3.62. The molecule has 0 fully saturated rings. The van der Waals surface area contributed by atoms with Crippen LogP contribution in [-0.2, 0) is 13.0 Å². The Kier molecular flexibility index (Phi) is 6.57. The standard InChI is InChI=1S/C20H23Cl2F3N4O/c1-4-6-27(11-20(23,24)25)18(30)17-15(5-2)26-19-28(7-8-29(17)19)16-12(3)9-13(21)10-14(16)22/h9-10H,4-8,11H2,1-3H3. The first-order chi connectivity index (χ1) is 14.1. The number of halogens is 5. The van der Waals surface area contributed by atoms with Crippen molar-refractivity contribution in [2.45, 2.75) is 46.3 Å². The van der Waals surface area contributed by atoms with E-state index in [1.54, 1.807) is 23.6 Å². The predicted octanol–water partition coefficient (Wildman–Crippen LogP) is 5.63. The van der Waals surface area contributed by atoms with E-state index in [0.29, 0.717) is 47.6 Å². The highest BCUT2D eigenvalue weighted by Gasteiger charge is 2.37. The molecule has 1 aromatic carbocycles. The van der Waals surface area contributed by atoms with Crippen LogP contribution in [0, 0.1) is 6.92 Å². The Bertz CT molecular complexity index is 935. The topological polar surface area (TPSA) is 41.4 Å². The van der Waals surface area contributed by atoms with Crippen LogP contribution in [0.1, 0.15) is 42.0 Å². The summed E-state index contributed by atoms with van der Waals surface area (Å²) in [4.78, 5) is 20.5. The first-order valence-electron chi connectivity index (χ1n) is 9.76. The van der Waals surface area contributed by atoms with E-state index in [0.717, 1.165) is 16.2 Å². The third-order valence-electron chi connectivity index (χ3n) is 4.99. The van der Waals surface area contributed by atoms with E-state index in [1.165, 1.54) is 0 Å². The molecular formula is C20H23Cl2F3N4O. The lowest BCUT2D eigenvalue weighted by molar-refractivity contribution is -0.140. The summed E-state index contributed by atoms with van der Waals surface area (Å²) in [7, 11) is 0. The maximum atomic E-state index is 13.1. The molecule has 1 amide bonds. The number of imidazole rings is 1. The molecule has 0 aliphatic carbocycles. The van der Waals surface area contributed by atoms with Crippen LogP contribution in [0.3, 0.4) is 0 Å². The van der Waals surface area contributed by atoms with Crippen molar-refractivity contribution in [2.24, 2.45) is 0 Å². The second kappa shape index (κ2) is 8.67. The van der Waals surface area contributed by atoms with Gasteiger partial charge in [0.15, 0.2) is 0 Å². The van der Waals surface area contributed by atoms with Crippen molar-refractivity contribution < 1.29 is 18.0 Å². The maximum Gasteiger partial charge on any atom is 0.406 e. The molecule has 5 nitrogen and oxygen atoms in total. The second-order valence-corrected chi connectivity index (χ2v) is 8.10. The fourth-order valence-corrected chi connectivity index (χ4v) is 4.53. The number of nitrogens with zero attached hydrogens (tertiary/aromatic N) is 4. The number of aromatic nitrogens is 2. The third-order valence-corrected chi connectivity index (χ3v) is 5.49. The summed E-state index contributed by atoms with van der Waals surface area (Å²) in [6.45, 7) is 5.11. The normalized spacial score (nSPS) is 13.7. The van der Waals surface area contributed by atoms with Crippen molar-refractivity contribution in [1.82, 2.24) is 14.5 Å². The number of carbonyl (C=O) groups is 1. The number of alkyl halides is 3. The lowest BCUT2D eigenvalue weighted by Crippen LogP contribution is -2.40. The van der Waals surface area contributed by atoms with E-state index in [1.807, 2.05) is 18.7 Å². The molecule has 1 aliphatic rings. The minimum Gasteiger partial charge on any atom is -0.328 e. The van der Waals surface area contributed by atoms with Gasteiger partial charge in [-0.05, 0) is 37.5 Å². The Morgan fingerprint density at radius 2 is 1.93 bits per heavy atom. The number of benzene rings is 1. The van der Waals surface area contributed by atoms with Crippen LogP contribution in [0.2, 0.25) is 10.0 Å². The van der Waals surface area contributed by atoms with Crippen LogP contribution in [0.5, 0.6) is 0 Å². The zero-order chi connectivity index (χ0) is 22.2. The number of hydrogen-bond acceptors (Lipinski definition) is 3. The average Bonchev–Trinajstić information content (AvgIpc) is 3.18. The molecule has 10 heteroatoms. The highest BCUT2D eigenvalue weighted by atomic mass is 35.5. The van der Waals surface area contributed by atoms with Gasteiger partial charge in [0.05, 0.1) is 16.4 Å². The van der Waals surface area contributed by atoms with E-state index in [2.05, 4.69) is 4.98 Å². The van der Waals surface area contributed by atoms with E-state index in [4.69, 9.17) is 23.2 Å². The van der Waals surface area contributed by atoms with Gasteiger partial charge in [-0.3, -0.25) is 4.79 Å². The Labute approximate surface area is 183 Å². The van der Waals surface area contributed by atoms with Gasteiger partial charge in [-0.1, -0.05) is 37.0 Å². The molecule has 0 saturated heterocycles. The molecule has 30 heavy (non-hydrogen) atoms. The van der Waals surface area contributed by atoms with Crippen LogP contribution < -0.4 is 4.90 Å². The zero-order valence-electron chi connectivity index (χ0n) is 17.0. The molecule has 1 aliphatic heterocycles. The summed E-state index contributed by atoms with van der Waals surface area (Å²) >= 11 is 12.5. The van der Waals surface area contributed by atoms with Crippen molar-refractivity contribution in [3.8, 4) is 0 Å². The van der Waals surface area contributed by atoms with Gasteiger partial charge in [0, 0.05) is 24.7 Å². The van der Waals surface area contributed by atoms with Gasteiger partial charge in [0.25, 0.3) is 5.91 Å². The molecule has 2 heterocycles. The number of carbonyl (C=O) groups excluding carboxylic acids is 1. The summed E-state index contributed by atoms with van der Waals surface area (Å²) in [5.74, 6) is -0.142. The van der Waals surface area contributed by atoms with Crippen molar-refractivity contribution in [2.75, 3.05) is 24.5 Å². The van der Waals surface area contributed by atoms with Crippen LogP contribution >= 0.6 is 23.2 Å². The van der Waals surface area contributed by atoms with Crippen molar-refractivity contribution in [1.29, 1.82) is 0 Å². The second-order valence-electron chi connectivity index (χ2n) is 7.26. The molecule has 3 rings (SSSR count). The van der Waals surface area contributed by atoms with Gasteiger partial charge >= 0.3 is 6.18 Å². The largest absolute Gasteiger partial charge is 0.406 e. The molecule has 0 N–H and O–H groups in total. The van der Waals surface area contributed by atoms with Crippen LogP contribution in [0.4, 0.5) is 24.8 Å². The van der Waals surface area contributed by atoms with Gasteiger partial charge < -0.3 is 14.4 Å². The smallest absolute Gasteiger partial charge is 0.328 e. The van der Waals surface area contributed by atoms with E-state index in [-0.39, 0.29) is 12.2 Å². The Morgan fingerprint density at radius 3 is 2.50 bits per heavy atom. The molecule has 0 unspecified atom stereocenters. The molecule has 0 atom stereocenters. The van der Waals surface area contributed by atoms with Gasteiger partial charge in [0.1, 0.15) is 12.2 Å². The van der Waals surface area contributed by atoms with Crippen LogP contribution in [-0.4, -0.2) is 46.2 Å². The van der Waals surface area contributed by atoms with Crippen molar-refractivity contribution >= 4 is 40.7 Å². The fourth-order valence-electron chi connectivity index (χ4n) is 3.83. The maximum absolute atomic E-state index is 13.1. The molecule has 0 bridgehead atoms. The molecular weight excluding hydrogens is 440 g/mol. The number of amides is 1. The number of fused-ring (bicyclic) bond motifs is 1. The summed E-state index contributed by atoms with van der Waals surface area (Å²) in [5.41, 5.74) is 2.27. The molecule has 0 saturated carbocycles. The van der Waals surface area contributed by atoms with E-state index < -0.39 is 18.6 Å². The lowest BCUT2D eigenvalue weighted by Gasteiger charge is -2.24. The number of aryl methyl sites for hydroxylation is 2. The van der Waals surface area contributed by atoms with Gasteiger partial charge in [-0.25, -0.2) is 4.98 Å². The average molecular weight is 463 g/mol. The van der Waals surface area contributed by atoms with Gasteiger partial charge in [0.2, 0.25) is 5.95 Å². The lowest BCUT2D eigenvalue weighted by atomic mass is 10.2. The minimum absolute atomic E-state index is 0.0217. The third kappa shape index (κ3) is 4.39. The SMILES string of the molecule is CCCN(CC(F)(F)F)C(=O)c1c(CC)nc2n1CCN2c1c(C)cc(Cl)cc1Cl. The summed E-state index contributed by atoms with van der Waals surface area (Å²) < 4.78 is 40.8. The number of rotatable bonds is 6. The highest BCUT2D eigenvalue weighted by molar-refractivity contribution is 6.36. The van der Waals surface area contributed by atoms with Crippen molar-refractivity contribution in [3.63, 3.8) is 0 Å². The summed E-state index contributed by atoms with van der Waals surface area (Å²) in [5, 5.41) is 0.961. The first-order valence-corrected chi connectivity index (χ1v) is 10.5. The Hall–Kier alpha value is -1.93. The minimum atomic E-state index is -4.47. The van der Waals surface area contributed by atoms with Gasteiger partial charge in [-0.2, -0.15) is 13.2 Å². The first kappa shape index (κ1) is 22.7. The molecule has 0 radical (unpaired) electrons. The van der Waals surface area contributed by atoms with Crippen molar-refractivity contribution in [3.05, 3.63) is 39.1 Å². The predicted molar refractivity (Wildman–Crippen MR) is 112 cm³/mol. The zero-order valence-corrected chi connectivity index (χ0v) is 18.5. The summed E-state index contributed by atoms with van der Waals surface area (Å²) in [6, 6.07) is 3.42. The van der Waals surface area contributed by atoms with E-state index in [9.17, 15) is 18.0 Å². The quantitative estimate of drug-likeness (QED) is 0.558. The number of hydrogen-bond donors (Lipinski definition) is 0. The van der Waals surface area contributed by atoms with E-state index >= 15 is 0 Å². The fraction of sp³-hybridized carbons (Fsp3) is 0.500. The number of anilines is 2. The van der Waals surface area contributed by atoms with Gasteiger partial charge in [-0.15, -0.1) is 0 Å². The molecule has 2 aromatic rings. The Morgan fingerprint density at radius 1 is 1.23 bits per heavy atom. The molecule has 0 spiro atoms. The molecule has 1 aromatic heterocycles. The highest BCUT2D eigenvalue weighted by Crippen LogP contribution is 2.40. The van der Waals surface area contributed by atoms with Crippen LogP contribution in [0.15, 0.2) is 12.1 Å². The monoisotopic (exact) mass is 462 g/mol. The van der Waals surface area contributed by atoms with Crippen LogP contribution in [0.25, 0.3) is 0 Å². The molecule has 164 valence electrons.